The van der Waals surface area contributed by atoms with Gasteiger partial charge < -0.3 is 14.2 Å². The first kappa shape index (κ1) is 21.0. The molecule has 0 saturated carbocycles. The van der Waals surface area contributed by atoms with Crippen LogP contribution in [0.2, 0.25) is 0 Å². The summed E-state index contributed by atoms with van der Waals surface area (Å²) in [7, 11) is 0. The highest BCUT2D eigenvalue weighted by Crippen LogP contribution is 2.35. The van der Waals surface area contributed by atoms with Gasteiger partial charge in [0.25, 0.3) is 0 Å². The van der Waals surface area contributed by atoms with Gasteiger partial charge in [-0.2, -0.15) is 0 Å². The molecule has 0 bridgehead atoms. The monoisotopic (exact) mass is 480 g/mol. The summed E-state index contributed by atoms with van der Waals surface area (Å²) in [6.45, 7) is 7.49. The quantitative estimate of drug-likeness (QED) is 0.473. The molecule has 1 aliphatic rings. The van der Waals surface area contributed by atoms with Crippen molar-refractivity contribution in [1.29, 1.82) is 0 Å². The number of nitrogens with zero attached hydrogens (tertiary/aromatic N) is 4. The highest BCUT2D eigenvalue weighted by atomic mass is 79.9. The van der Waals surface area contributed by atoms with Crippen LogP contribution in [-0.4, -0.2) is 50.4 Å². The van der Waals surface area contributed by atoms with Crippen molar-refractivity contribution < 1.29 is 18.3 Å². The van der Waals surface area contributed by atoms with Gasteiger partial charge in [0.2, 0.25) is 0 Å². The van der Waals surface area contributed by atoms with Crippen molar-refractivity contribution in [2.45, 2.75) is 51.9 Å². The van der Waals surface area contributed by atoms with E-state index in [0.29, 0.717) is 39.7 Å². The van der Waals surface area contributed by atoms with Crippen LogP contribution in [0.1, 0.15) is 39.1 Å². The smallest absolute Gasteiger partial charge is 0.410 e. The molecule has 1 aliphatic heterocycles. The Labute approximate surface area is 181 Å². The van der Waals surface area contributed by atoms with E-state index in [2.05, 4.69) is 25.9 Å². The lowest BCUT2D eigenvalue weighted by atomic mass is 10.0. The van der Waals surface area contributed by atoms with Gasteiger partial charge in [-0.15, -0.1) is 0 Å². The van der Waals surface area contributed by atoms with Crippen LogP contribution in [-0.2, 0) is 4.74 Å². The summed E-state index contributed by atoms with van der Waals surface area (Å²) in [5.74, 6) is 0.240. The number of alkyl halides is 1. The Kier molecular flexibility index (Phi) is 5.20. The lowest BCUT2D eigenvalue weighted by molar-refractivity contribution is 0.00694. The van der Waals surface area contributed by atoms with Crippen LogP contribution in [0.25, 0.3) is 21.9 Å². The van der Waals surface area contributed by atoms with Crippen molar-refractivity contribution in [3.05, 3.63) is 34.4 Å². The predicted molar refractivity (Wildman–Crippen MR) is 114 cm³/mol. The molecule has 1 amide bonds. The lowest BCUT2D eigenvalue weighted by Gasteiger charge is -2.36. The Balaban J connectivity index is 1.72. The second kappa shape index (κ2) is 7.44. The van der Waals surface area contributed by atoms with Gasteiger partial charge in [-0.05, 0) is 56.1 Å². The number of imidazole rings is 1. The third kappa shape index (κ3) is 3.75. The first-order valence-corrected chi connectivity index (χ1v) is 10.6. The second-order valence-electron chi connectivity index (χ2n) is 8.60. The van der Waals surface area contributed by atoms with E-state index in [0.717, 1.165) is 5.52 Å². The normalized spacial score (nSPS) is 20.2. The number of hydrogen-bond acceptors (Lipinski definition) is 4. The Morgan fingerprint density at radius 1 is 1.30 bits per heavy atom. The zero-order valence-electron chi connectivity index (χ0n) is 17.2. The molecule has 2 unspecified atom stereocenters. The molecule has 0 aliphatic carbocycles. The minimum absolute atomic E-state index is 0.0555. The van der Waals surface area contributed by atoms with E-state index in [9.17, 15) is 9.18 Å². The lowest BCUT2D eigenvalue weighted by Crippen LogP contribution is -2.47. The maximum Gasteiger partial charge on any atom is 0.410 e. The molecule has 4 rings (SSSR count). The van der Waals surface area contributed by atoms with Crippen LogP contribution in [0.3, 0.4) is 0 Å². The second-order valence-corrected chi connectivity index (χ2v) is 9.46. The van der Waals surface area contributed by atoms with E-state index in [-0.39, 0.29) is 6.54 Å². The maximum absolute atomic E-state index is 15.3. The molecule has 30 heavy (non-hydrogen) atoms. The van der Waals surface area contributed by atoms with Crippen molar-refractivity contribution in [3.63, 3.8) is 0 Å². The first-order chi connectivity index (χ1) is 14.0. The molecule has 160 valence electrons. The van der Waals surface area contributed by atoms with E-state index >= 15 is 4.39 Å². The number of likely N-dealkylation sites (tertiary alicyclic amines) is 1. The predicted octanol–water partition coefficient (Wildman–Crippen LogP) is 5.31. The molecule has 2 atom stereocenters. The molecule has 0 N–H and O–H groups in total. The highest BCUT2D eigenvalue weighted by molar-refractivity contribution is 9.10. The molecule has 1 saturated heterocycles. The highest BCUT2D eigenvalue weighted by Gasteiger charge is 2.36. The van der Waals surface area contributed by atoms with Gasteiger partial charge in [0, 0.05) is 18.0 Å². The molecule has 2 aromatic heterocycles. The maximum atomic E-state index is 15.3. The van der Waals surface area contributed by atoms with Crippen LogP contribution in [0, 0.1) is 12.7 Å². The summed E-state index contributed by atoms with van der Waals surface area (Å²) < 4.78 is 36.9. The van der Waals surface area contributed by atoms with Gasteiger partial charge in [-0.1, -0.05) is 0 Å². The van der Waals surface area contributed by atoms with Gasteiger partial charge in [0.1, 0.15) is 28.9 Å². The molecular formula is C21H23BrF2N4O2. The van der Waals surface area contributed by atoms with Crippen LogP contribution in [0.15, 0.2) is 22.8 Å². The van der Waals surface area contributed by atoms with Gasteiger partial charge in [-0.3, -0.25) is 4.98 Å². The summed E-state index contributed by atoms with van der Waals surface area (Å²) in [4.78, 5) is 22.6. The molecule has 9 heteroatoms. The number of halogens is 3. The number of benzene rings is 1. The molecule has 3 heterocycles. The summed E-state index contributed by atoms with van der Waals surface area (Å²) in [5.41, 5.74) is 1.19. The average molecular weight is 481 g/mol. The molecule has 1 aromatic carbocycles. The van der Waals surface area contributed by atoms with Gasteiger partial charge in [-0.25, -0.2) is 18.6 Å². The summed E-state index contributed by atoms with van der Waals surface area (Å²) in [6, 6.07) is 2.51. The van der Waals surface area contributed by atoms with Crippen molar-refractivity contribution in [1.82, 2.24) is 19.4 Å². The fourth-order valence-corrected chi connectivity index (χ4v) is 4.31. The third-order valence-corrected chi connectivity index (χ3v) is 5.83. The van der Waals surface area contributed by atoms with Crippen LogP contribution in [0.4, 0.5) is 13.6 Å². The number of pyridine rings is 1. The fourth-order valence-electron chi connectivity index (χ4n) is 3.97. The Morgan fingerprint density at radius 3 is 2.70 bits per heavy atom. The number of piperidine rings is 1. The molecular weight excluding hydrogens is 458 g/mol. The number of carbonyl (C=O) groups excluding carboxylic acids is 1. The summed E-state index contributed by atoms with van der Waals surface area (Å²) in [6.07, 6.45) is 0.190. The molecule has 6 nitrogen and oxygen atoms in total. The number of aryl methyl sites for hydroxylation is 1. The summed E-state index contributed by atoms with van der Waals surface area (Å²) >= 11 is 3.22. The number of rotatable bonds is 1. The van der Waals surface area contributed by atoms with Crippen molar-refractivity contribution >= 4 is 44.0 Å². The van der Waals surface area contributed by atoms with Crippen LogP contribution in [0.5, 0.6) is 0 Å². The topological polar surface area (TPSA) is 60.2 Å². The zero-order chi connectivity index (χ0) is 21.8. The van der Waals surface area contributed by atoms with E-state index < -0.39 is 29.7 Å². The van der Waals surface area contributed by atoms with Crippen LogP contribution >= 0.6 is 15.9 Å². The standard InChI is InChI=1S/C21H23BrF2N4O2/c1-11-26-17-9-25-16-8-14(23)13(22)7-12(16)19(17)28(11)18-5-6-27(10-15(18)24)20(29)30-21(2,3)4/h7-9,15,18H,5-6,10H2,1-4H3. The SMILES string of the molecule is Cc1nc2cnc3cc(F)c(Br)cc3c2n1C1CCN(C(=O)OC(C)(C)C)CC1F. The summed E-state index contributed by atoms with van der Waals surface area (Å²) in [5, 5.41) is 0.697. The van der Waals surface area contributed by atoms with Crippen molar-refractivity contribution in [2.75, 3.05) is 13.1 Å². The minimum Gasteiger partial charge on any atom is -0.444 e. The van der Waals surface area contributed by atoms with Gasteiger partial charge in [0.15, 0.2) is 0 Å². The first-order valence-electron chi connectivity index (χ1n) is 9.79. The third-order valence-electron chi connectivity index (χ3n) is 5.22. The van der Waals surface area contributed by atoms with Crippen molar-refractivity contribution in [3.8, 4) is 0 Å². The number of aromatic nitrogens is 3. The number of amides is 1. The van der Waals surface area contributed by atoms with Crippen LogP contribution < -0.4 is 0 Å². The molecule has 0 spiro atoms. The number of fused-ring (bicyclic) bond motifs is 3. The number of hydrogen-bond donors (Lipinski definition) is 0. The van der Waals surface area contributed by atoms with Gasteiger partial charge >= 0.3 is 6.09 Å². The molecule has 3 aromatic rings. The number of ether oxygens (including phenoxy) is 1. The Morgan fingerprint density at radius 2 is 2.03 bits per heavy atom. The van der Waals surface area contributed by atoms with Crippen molar-refractivity contribution in [2.24, 2.45) is 0 Å². The van der Waals surface area contributed by atoms with E-state index in [1.807, 2.05) is 11.5 Å². The van der Waals surface area contributed by atoms with E-state index in [1.54, 1.807) is 33.0 Å². The zero-order valence-corrected chi connectivity index (χ0v) is 18.8. The minimum atomic E-state index is -1.30. The molecule has 0 radical (unpaired) electrons. The average Bonchev–Trinajstić information content (AvgIpc) is 2.97. The largest absolute Gasteiger partial charge is 0.444 e. The van der Waals surface area contributed by atoms with E-state index in [4.69, 9.17) is 4.74 Å². The number of carbonyl (C=O) groups is 1. The molecule has 1 fully saturated rings. The van der Waals surface area contributed by atoms with Gasteiger partial charge in [0.05, 0.1) is 34.3 Å². The van der Waals surface area contributed by atoms with E-state index in [1.165, 1.54) is 11.0 Å². The Hall–Kier alpha value is -2.29. The Bertz CT molecular complexity index is 1140. The fraction of sp³-hybridized carbons (Fsp3) is 0.476.